The average molecular weight is 558 g/mol. The number of hydrogen-bond donors (Lipinski definition) is 2. The van der Waals surface area contributed by atoms with Crippen LogP contribution >= 0.6 is 11.6 Å². The predicted octanol–water partition coefficient (Wildman–Crippen LogP) is 4.19. The summed E-state index contributed by atoms with van der Waals surface area (Å²) < 4.78 is 12.2. The molecule has 8 nitrogen and oxygen atoms in total. The maximum Gasteiger partial charge on any atom is 0.246 e. The number of hydrogen-bond acceptors (Lipinski definition) is 5. The first-order valence-corrected chi connectivity index (χ1v) is 14.7. The largest absolute Gasteiger partial charge is 0.379 e. The number of nitrogens with one attached hydrogen (secondary N) is 2. The minimum absolute atomic E-state index is 0.0458. The van der Waals surface area contributed by atoms with E-state index in [1.54, 1.807) is 29.2 Å². The van der Waals surface area contributed by atoms with E-state index in [0.29, 0.717) is 42.1 Å². The van der Waals surface area contributed by atoms with Crippen LogP contribution in [0.4, 0.5) is 5.69 Å². The summed E-state index contributed by atoms with van der Waals surface area (Å²) in [5.41, 5.74) is -0.580. The summed E-state index contributed by atoms with van der Waals surface area (Å²) in [4.78, 5) is 43.2. The van der Waals surface area contributed by atoms with Crippen molar-refractivity contribution in [1.29, 1.82) is 0 Å². The number of rotatable bonds is 9. The van der Waals surface area contributed by atoms with E-state index in [9.17, 15) is 14.4 Å². The molecule has 39 heavy (non-hydrogen) atoms. The van der Waals surface area contributed by atoms with Gasteiger partial charge in [0.1, 0.15) is 11.6 Å². The lowest BCUT2D eigenvalue weighted by Crippen LogP contribution is -2.58. The molecule has 3 fully saturated rings. The molecule has 3 heterocycles. The third-order valence-corrected chi connectivity index (χ3v) is 9.32. The van der Waals surface area contributed by atoms with Crippen molar-refractivity contribution >= 4 is 35.0 Å². The summed E-state index contributed by atoms with van der Waals surface area (Å²) >= 11 is 6.00. The van der Waals surface area contributed by atoms with Crippen LogP contribution < -0.4 is 10.6 Å². The molecule has 2 N–H and O–H groups in total. The Morgan fingerprint density at radius 1 is 1.18 bits per heavy atom. The van der Waals surface area contributed by atoms with Crippen molar-refractivity contribution in [1.82, 2.24) is 10.2 Å². The molecule has 2 bridgehead atoms. The van der Waals surface area contributed by atoms with Gasteiger partial charge < -0.3 is 25.0 Å². The molecule has 1 aromatic carbocycles. The van der Waals surface area contributed by atoms with Crippen LogP contribution in [0, 0.1) is 23.7 Å². The van der Waals surface area contributed by atoms with Gasteiger partial charge in [-0.15, -0.1) is 0 Å². The zero-order valence-corrected chi connectivity index (χ0v) is 23.9. The zero-order chi connectivity index (χ0) is 27.9. The van der Waals surface area contributed by atoms with Gasteiger partial charge in [0.15, 0.2) is 0 Å². The molecule has 1 spiro atoms. The highest BCUT2D eigenvalue weighted by molar-refractivity contribution is 6.30. The molecule has 2 saturated heterocycles. The van der Waals surface area contributed by atoms with Crippen LogP contribution in [0.1, 0.15) is 53.4 Å². The highest BCUT2D eigenvalue weighted by Crippen LogP contribution is 2.55. The Morgan fingerprint density at radius 2 is 1.92 bits per heavy atom. The molecule has 0 aromatic heterocycles. The van der Waals surface area contributed by atoms with E-state index in [2.05, 4.69) is 24.5 Å². The second kappa shape index (κ2) is 11.2. The van der Waals surface area contributed by atoms with Crippen molar-refractivity contribution in [2.75, 3.05) is 18.5 Å². The Labute approximate surface area is 235 Å². The quantitative estimate of drug-likeness (QED) is 0.351. The van der Waals surface area contributed by atoms with Gasteiger partial charge in [0.25, 0.3) is 0 Å². The number of carbonyl (C=O) groups is 3. The third-order valence-electron chi connectivity index (χ3n) is 9.07. The molecule has 0 radical (unpaired) electrons. The van der Waals surface area contributed by atoms with Crippen molar-refractivity contribution < 1.29 is 23.9 Å². The monoisotopic (exact) mass is 557 g/mol. The van der Waals surface area contributed by atoms with E-state index in [-0.39, 0.29) is 29.9 Å². The van der Waals surface area contributed by atoms with Gasteiger partial charge in [0.2, 0.25) is 17.7 Å². The number of halogens is 1. The first-order chi connectivity index (χ1) is 18.6. The number of amides is 3. The molecular weight excluding hydrogens is 518 g/mol. The van der Waals surface area contributed by atoms with Gasteiger partial charge in [-0.1, -0.05) is 50.4 Å². The fraction of sp³-hybridized carbons (Fsp3) is 0.633. The van der Waals surface area contributed by atoms with Crippen LogP contribution in [-0.4, -0.2) is 65.7 Å². The van der Waals surface area contributed by atoms with Gasteiger partial charge in [-0.2, -0.15) is 0 Å². The minimum Gasteiger partial charge on any atom is -0.379 e. The SMILES string of the molecule is CC(C)OCCCN1C(=O)[C@H]2C(C(=O)Nc3ccc(Cl)cc3)[C@H]3C=CC2(O3)C1C(=O)NC1CCCC(C)C1C. The van der Waals surface area contributed by atoms with Crippen molar-refractivity contribution in [3.8, 4) is 0 Å². The fourth-order valence-corrected chi connectivity index (χ4v) is 6.99. The Kier molecular flexibility index (Phi) is 8.09. The van der Waals surface area contributed by atoms with Crippen LogP contribution in [0.15, 0.2) is 36.4 Å². The van der Waals surface area contributed by atoms with E-state index in [1.807, 2.05) is 26.0 Å². The molecule has 8 atom stereocenters. The van der Waals surface area contributed by atoms with Gasteiger partial charge >= 0.3 is 0 Å². The van der Waals surface area contributed by atoms with Crippen molar-refractivity contribution in [2.24, 2.45) is 23.7 Å². The Morgan fingerprint density at radius 3 is 2.64 bits per heavy atom. The molecule has 5 rings (SSSR count). The van der Waals surface area contributed by atoms with E-state index < -0.39 is 29.6 Å². The van der Waals surface area contributed by atoms with E-state index in [0.717, 1.165) is 19.3 Å². The molecule has 3 aliphatic heterocycles. The molecular formula is C30H40ClN3O5. The summed E-state index contributed by atoms with van der Waals surface area (Å²) in [6, 6.07) is 6.05. The fourth-order valence-electron chi connectivity index (χ4n) is 6.87. The van der Waals surface area contributed by atoms with Gasteiger partial charge in [0.05, 0.1) is 24.0 Å². The number of nitrogens with zero attached hydrogens (tertiary/aromatic N) is 1. The molecule has 1 saturated carbocycles. The molecule has 3 amide bonds. The molecule has 1 aliphatic carbocycles. The van der Waals surface area contributed by atoms with Crippen molar-refractivity contribution in [3.63, 3.8) is 0 Å². The lowest BCUT2D eigenvalue weighted by Gasteiger charge is -2.38. The van der Waals surface area contributed by atoms with Crippen LogP contribution in [0.25, 0.3) is 0 Å². The lowest BCUT2D eigenvalue weighted by atomic mass is 9.73. The van der Waals surface area contributed by atoms with Crippen LogP contribution in [0.2, 0.25) is 5.02 Å². The first-order valence-electron chi connectivity index (χ1n) is 14.3. The summed E-state index contributed by atoms with van der Waals surface area (Å²) in [7, 11) is 0. The maximum absolute atomic E-state index is 14.0. The number of likely N-dealkylation sites (tertiary alicyclic amines) is 1. The Balaban J connectivity index is 1.40. The summed E-state index contributed by atoms with van der Waals surface area (Å²) in [5, 5.41) is 6.78. The molecule has 4 aliphatic rings. The first kappa shape index (κ1) is 28.1. The normalized spacial score (nSPS) is 35.0. The van der Waals surface area contributed by atoms with Crippen LogP contribution in [-0.2, 0) is 23.9 Å². The van der Waals surface area contributed by atoms with Gasteiger partial charge in [-0.25, -0.2) is 0 Å². The van der Waals surface area contributed by atoms with Crippen molar-refractivity contribution in [3.05, 3.63) is 41.4 Å². The summed E-state index contributed by atoms with van der Waals surface area (Å²) in [6.45, 7) is 9.18. The number of fused-ring (bicyclic) bond motifs is 1. The molecule has 9 heteroatoms. The summed E-state index contributed by atoms with van der Waals surface area (Å²) in [6.07, 6.45) is 6.93. The summed E-state index contributed by atoms with van der Waals surface area (Å²) in [5.74, 6) is -1.37. The van der Waals surface area contributed by atoms with Crippen LogP contribution in [0.3, 0.4) is 0 Å². The second-order valence-corrected chi connectivity index (χ2v) is 12.3. The standard InChI is InChI=1S/C30H40ClN3O5/c1-17(2)38-16-6-15-34-26(28(36)33-22-8-5-7-18(3)19(22)4)30-14-13-23(39-30)24(25(30)29(34)37)27(35)32-21-11-9-20(31)10-12-21/h9-14,17-19,22-26H,5-8,15-16H2,1-4H3,(H,32,35)(H,33,36)/t18?,19?,22?,23-,24?,25-,26?,30?/m1/s1. The van der Waals surface area contributed by atoms with Crippen molar-refractivity contribution in [2.45, 2.75) is 83.3 Å². The van der Waals surface area contributed by atoms with Gasteiger partial charge in [-0.3, -0.25) is 14.4 Å². The smallest absolute Gasteiger partial charge is 0.246 e. The average Bonchev–Trinajstić information content (AvgIpc) is 3.53. The van der Waals surface area contributed by atoms with E-state index in [4.69, 9.17) is 21.1 Å². The topological polar surface area (TPSA) is 97.0 Å². The Hall–Kier alpha value is -2.42. The lowest BCUT2D eigenvalue weighted by molar-refractivity contribution is -0.142. The number of ether oxygens (including phenoxy) is 2. The van der Waals surface area contributed by atoms with E-state index >= 15 is 0 Å². The van der Waals surface area contributed by atoms with Gasteiger partial charge in [0, 0.05) is 29.9 Å². The van der Waals surface area contributed by atoms with Crippen LogP contribution in [0.5, 0.6) is 0 Å². The second-order valence-electron chi connectivity index (χ2n) is 11.9. The minimum atomic E-state index is -1.17. The highest BCUT2D eigenvalue weighted by atomic mass is 35.5. The Bertz CT molecular complexity index is 1120. The number of benzene rings is 1. The zero-order valence-electron chi connectivity index (χ0n) is 23.2. The highest BCUT2D eigenvalue weighted by Gasteiger charge is 2.72. The van der Waals surface area contributed by atoms with Gasteiger partial charge in [-0.05, 0) is 62.8 Å². The molecule has 6 unspecified atom stereocenters. The number of anilines is 1. The molecule has 1 aromatic rings. The third kappa shape index (κ3) is 5.23. The number of carbonyl (C=O) groups excluding carboxylic acids is 3. The maximum atomic E-state index is 14.0. The predicted molar refractivity (Wildman–Crippen MR) is 149 cm³/mol. The van der Waals surface area contributed by atoms with E-state index in [1.165, 1.54) is 0 Å². The molecule has 212 valence electrons.